The number of carbonyl (C=O) groups excluding carboxylic acids is 2. The molecule has 0 bridgehead atoms. The molecule has 0 radical (unpaired) electrons. The Hall–Kier alpha value is -2.56. The van der Waals surface area contributed by atoms with Crippen LogP contribution in [0.4, 0.5) is 5.69 Å². The predicted octanol–water partition coefficient (Wildman–Crippen LogP) is 2.57. The van der Waals surface area contributed by atoms with Crippen molar-refractivity contribution in [1.82, 2.24) is 5.32 Å². The lowest BCUT2D eigenvalue weighted by molar-refractivity contribution is -0.132. The fourth-order valence-electron chi connectivity index (χ4n) is 2.78. The third-order valence-electron chi connectivity index (χ3n) is 4.34. The van der Waals surface area contributed by atoms with Gasteiger partial charge >= 0.3 is 0 Å². The molecular formula is C18H20N2O3. The molecule has 1 atom stereocenters. The third-order valence-corrected chi connectivity index (χ3v) is 4.34. The van der Waals surface area contributed by atoms with Gasteiger partial charge < -0.3 is 14.6 Å². The minimum Gasteiger partial charge on any atom is -0.467 e. The van der Waals surface area contributed by atoms with Crippen molar-refractivity contribution in [2.45, 2.75) is 26.8 Å². The first kappa shape index (κ1) is 15.3. The molecule has 0 aliphatic carbocycles. The number of amides is 2. The van der Waals surface area contributed by atoms with E-state index in [0.717, 1.165) is 11.3 Å². The Balaban J connectivity index is 1.66. The van der Waals surface area contributed by atoms with Gasteiger partial charge in [-0.2, -0.15) is 0 Å². The van der Waals surface area contributed by atoms with E-state index in [4.69, 9.17) is 4.42 Å². The molecule has 0 spiro atoms. The first-order valence-corrected chi connectivity index (χ1v) is 7.75. The van der Waals surface area contributed by atoms with E-state index in [0.29, 0.717) is 25.3 Å². The molecule has 0 saturated carbocycles. The van der Waals surface area contributed by atoms with Crippen LogP contribution in [0.15, 0.2) is 41.0 Å². The molecule has 5 heteroatoms. The Labute approximate surface area is 135 Å². The van der Waals surface area contributed by atoms with Crippen molar-refractivity contribution in [2.75, 3.05) is 11.4 Å². The molecule has 1 N–H and O–H groups in total. The topological polar surface area (TPSA) is 62.6 Å². The van der Waals surface area contributed by atoms with E-state index in [9.17, 15) is 9.59 Å². The van der Waals surface area contributed by atoms with E-state index in [-0.39, 0.29) is 11.8 Å². The van der Waals surface area contributed by atoms with Gasteiger partial charge in [0.2, 0.25) is 11.8 Å². The molecule has 1 fully saturated rings. The van der Waals surface area contributed by atoms with Crippen LogP contribution >= 0.6 is 0 Å². The molecule has 2 amide bonds. The maximum atomic E-state index is 12.5. The Morgan fingerprint density at radius 3 is 2.83 bits per heavy atom. The van der Waals surface area contributed by atoms with E-state index in [2.05, 4.69) is 5.32 Å². The Morgan fingerprint density at radius 1 is 1.30 bits per heavy atom. The highest BCUT2D eigenvalue weighted by atomic mass is 16.3. The summed E-state index contributed by atoms with van der Waals surface area (Å²) in [5.41, 5.74) is 3.19. The molecule has 23 heavy (non-hydrogen) atoms. The van der Waals surface area contributed by atoms with Gasteiger partial charge in [0.1, 0.15) is 11.7 Å². The number of hydrogen-bond donors (Lipinski definition) is 1. The van der Waals surface area contributed by atoms with Gasteiger partial charge in [0.25, 0.3) is 0 Å². The van der Waals surface area contributed by atoms with Crippen molar-refractivity contribution in [2.24, 2.45) is 5.92 Å². The number of nitrogens with zero attached hydrogens (tertiary/aromatic N) is 1. The van der Waals surface area contributed by atoms with Crippen LogP contribution in [0.25, 0.3) is 0 Å². The third kappa shape index (κ3) is 3.13. The fourth-order valence-corrected chi connectivity index (χ4v) is 2.78. The second kappa shape index (κ2) is 6.28. The molecular weight excluding hydrogens is 292 g/mol. The lowest BCUT2D eigenvalue weighted by Crippen LogP contribution is -2.36. The molecule has 2 aromatic rings. The molecule has 1 aromatic carbocycles. The average molecular weight is 312 g/mol. The van der Waals surface area contributed by atoms with Crippen LogP contribution in [0.1, 0.15) is 23.3 Å². The van der Waals surface area contributed by atoms with Gasteiger partial charge in [-0.25, -0.2) is 0 Å². The van der Waals surface area contributed by atoms with Crippen LogP contribution in [0.3, 0.4) is 0 Å². The van der Waals surface area contributed by atoms with Gasteiger partial charge in [-0.1, -0.05) is 6.07 Å². The smallest absolute Gasteiger partial charge is 0.239 e. The summed E-state index contributed by atoms with van der Waals surface area (Å²) in [6.07, 6.45) is 2.10. The van der Waals surface area contributed by atoms with E-state index in [1.54, 1.807) is 23.3 Å². The summed E-state index contributed by atoms with van der Waals surface area (Å²) < 4.78 is 5.18. The molecule has 1 aromatic heterocycles. The predicted molar refractivity (Wildman–Crippen MR) is 86.9 cm³/mol. The van der Waals surface area contributed by atoms with E-state index >= 15 is 0 Å². The summed E-state index contributed by atoms with van der Waals surface area (Å²) in [6.45, 7) is 4.93. The normalized spacial score (nSPS) is 17.6. The molecule has 1 unspecified atom stereocenters. The molecule has 1 aliphatic heterocycles. The van der Waals surface area contributed by atoms with Gasteiger partial charge in [-0.3, -0.25) is 9.59 Å². The van der Waals surface area contributed by atoms with Crippen LogP contribution in [-0.2, 0) is 16.1 Å². The van der Waals surface area contributed by atoms with Crippen molar-refractivity contribution in [3.8, 4) is 0 Å². The molecule has 120 valence electrons. The SMILES string of the molecule is Cc1ccc(N2CCC(C(=O)NCc3ccco3)C2=O)cc1C. The van der Waals surface area contributed by atoms with E-state index in [1.807, 2.05) is 32.0 Å². The average Bonchev–Trinajstić information content (AvgIpc) is 3.17. The number of benzene rings is 1. The van der Waals surface area contributed by atoms with Crippen molar-refractivity contribution < 1.29 is 14.0 Å². The van der Waals surface area contributed by atoms with Crippen LogP contribution < -0.4 is 10.2 Å². The fraction of sp³-hybridized carbons (Fsp3) is 0.333. The first-order valence-electron chi connectivity index (χ1n) is 7.75. The Bertz CT molecular complexity index is 722. The summed E-state index contributed by atoms with van der Waals surface area (Å²) in [7, 11) is 0. The monoisotopic (exact) mass is 312 g/mol. The maximum absolute atomic E-state index is 12.5. The first-order chi connectivity index (χ1) is 11.1. The molecule has 3 rings (SSSR count). The molecule has 2 heterocycles. The van der Waals surface area contributed by atoms with Gasteiger partial charge in [0, 0.05) is 12.2 Å². The number of anilines is 1. The van der Waals surface area contributed by atoms with Crippen LogP contribution in [0, 0.1) is 19.8 Å². The minimum absolute atomic E-state index is 0.134. The van der Waals surface area contributed by atoms with Crippen LogP contribution in [-0.4, -0.2) is 18.4 Å². The lowest BCUT2D eigenvalue weighted by Gasteiger charge is -2.18. The summed E-state index contributed by atoms with van der Waals surface area (Å²) in [4.78, 5) is 26.5. The molecule has 5 nitrogen and oxygen atoms in total. The number of rotatable bonds is 4. The summed E-state index contributed by atoms with van der Waals surface area (Å²) in [6, 6.07) is 9.49. The van der Waals surface area contributed by atoms with Gasteiger partial charge in [-0.15, -0.1) is 0 Å². The van der Waals surface area contributed by atoms with Crippen molar-refractivity contribution in [3.63, 3.8) is 0 Å². The number of furan rings is 1. The summed E-state index contributed by atoms with van der Waals surface area (Å²) in [5, 5.41) is 2.77. The second-order valence-corrected chi connectivity index (χ2v) is 5.90. The van der Waals surface area contributed by atoms with Crippen molar-refractivity contribution in [3.05, 3.63) is 53.5 Å². The minimum atomic E-state index is -0.619. The summed E-state index contributed by atoms with van der Waals surface area (Å²) in [5.74, 6) is -0.315. The highest BCUT2D eigenvalue weighted by molar-refractivity contribution is 6.09. The standard InChI is InChI=1S/C18H20N2O3/c1-12-5-6-14(10-13(12)2)20-8-7-16(18(20)22)17(21)19-11-15-4-3-9-23-15/h3-6,9-10,16H,7-8,11H2,1-2H3,(H,19,21). The largest absolute Gasteiger partial charge is 0.467 e. The zero-order valence-corrected chi connectivity index (χ0v) is 13.3. The Morgan fingerprint density at radius 2 is 2.13 bits per heavy atom. The van der Waals surface area contributed by atoms with E-state index < -0.39 is 5.92 Å². The summed E-state index contributed by atoms with van der Waals surface area (Å²) >= 11 is 0. The zero-order chi connectivity index (χ0) is 16.4. The zero-order valence-electron chi connectivity index (χ0n) is 13.3. The Kier molecular flexibility index (Phi) is 4.19. The maximum Gasteiger partial charge on any atom is 0.239 e. The number of aryl methyl sites for hydroxylation is 2. The highest BCUT2D eigenvalue weighted by Crippen LogP contribution is 2.27. The van der Waals surface area contributed by atoms with E-state index in [1.165, 1.54) is 5.56 Å². The van der Waals surface area contributed by atoms with Gasteiger partial charge in [0.05, 0.1) is 12.8 Å². The molecule has 1 saturated heterocycles. The molecule has 1 aliphatic rings. The number of hydrogen-bond acceptors (Lipinski definition) is 3. The van der Waals surface area contributed by atoms with Gasteiger partial charge in [-0.05, 0) is 55.7 Å². The lowest BCUT2D eigenvalue weighted by atomic mass is 10.1. The van der Waals surface area contributed by atoms with Crippen molar-refractivity contribution >= 4 is 17.5 Å². The van der Waals surface area contributed by atoms with Gasteiger partial charge in [0.15, 0.2) is 0 Å². The highest BCUT2D eigenvalue weighted by Gasteiger charge is 2.37. The van der Waals surface area contributed by atoms with Crippen LogP contribution in [0.2, 0.25) is 0 Å². The van der Waals surface area contributed by atoms with Crippen molar-refractivity contribution in [1.29, 1.82) is 0 Å². The number of carbonyl (C=O) groups is 2. The quantitative estimate of drug-likeness (QED) is 0.883. The van der Waals surface area contributed by atoms with Crippen LogP contribution in [0.5, 0.6) is 0 Å². The number of nitrogens with one attached hydrogen (secondary N) is 1. The second-order valence-electron chi connectivity index (χ2n) is 5.90.